The first-order valence-corrected chi connectivity index (χ1v) is 3.20. The zero-order valence-corrected chi connectivity index (χ0v) is 16.2. The molecule has 0 aromatic rings. The molecule has 0 aliphatic rings. The van der Waals surface area contributed by atoms with Gasteiger partial charge in [0.25, 0.3) is 0 Å². The molecule has 7 heteroatoms. The van der Waals surface area contributed by atoms with Crippen LogP contribution >= 0.6 is 0 Å². The summed E-state index contributed by atoms with van der Waals surface area (Å²) in [7, 11) is 0. The number of hydrogen-bond donors (Lipinski definition) is 1. The van der Waals surface area contributed by atoms with Gasteiger partial charge in [-0.25, -0.2) is 6.29 Å². The van der Waals surface area contributed by atoms with E-state index >= 15 is 0 Å². The first-order chi connectivity index (χ1) is 5.20. The molecule has 0 aliphatic heterocycles. The number of carbonyl (C=O) groups is 1. The molecule has 0 spiro atoms. The predicted octanol–water partition coefficient (Wildman–Crippen LogP) is -0.517. The van der Waals surface area contributed by atoms with Gasteiger partial charge in [-0.15, -0.1) is 0 Å². The molecular weight excluding hydrogens is 698 g/mol. The Morgan fingerprint density at radius 3 is 2.07 bits per heavy atom. The van der Waals surface area contributed by atoms with Gasteiger partial charge < -0.3 is 14.9 Å². The van der Waals surface area contributed by atoms with E-state index in [4.69, 9.17) is 0 Å². The van der Waals surface area contributed by atoms with Crippen molar-refractivity contribution in [2.24, 2.45) is 0 Å². The minimum atomic E-state index is -0.672. The SMILES string of the molecule is CC(=O)NC([C-]=O)CC[C-]=O.[W].[W].[W]. The second-order valence-electron chi connectivity index (χ2n) is 2.05. The number of rotatable bonds is 5. The van der Waals surface area contributed by atoms with Crippen LogP contribution in [0.5, 0.6) is 0 Å². The van der Waals surface area contributed by atoms with Gasteiger partial charge in [0.15, 0.2) is 0 Å². The first-order valence-electron chi connectivity index (χ1n) is 3.20. The minimum absolute atomic E-state index is 0. The van der Waals surface area contributed by atoms with E-state index in [9.17, 15) is 14.4 Å². The molecule has 0 saturated carbocycles. The van der Waals surface area contributed by atoms with Crippen LogP contribution in [0.15, 0.2) is 0 Å². The summed E-state index contributed by atoms with van der Waals surface area (Å²) >= 11 is 0. The van der Waals surface area contributed by atoms with Crippen molar-refractivity contribution >= 4 is 18.5 Å². The summed E-state index contributed by atoms with van der Waals surface area (Å²) in [6.45, 7) is 1.30. The average molecular weight is 707 g/mol. The van der Waals surface area contributed by atoms with Crippen LogP contribution in [0.4, 0.5) is 0 Å². The van der Waals surface area contributed by atoms with Crippen LogP contribution in [-0.2, 0) is 77.6 Å². The topological polar surface area (TPSA) is 63.2 Å². The van der Waals surface area contributed by atoms with Gasteiger partial charge in [0.1, 0.15) is 0 Å². The molecule has 0 aliphatic carbocycles. The molecule has 80 valence electrons. The number of amides is 1. The van der Waals surface area contributed by atoms with Crippen molar-refractivity contribution < 1.29 is 77.6 Å². The van der Waals surface area contributed by atoms with E-state index in [0.29, 0.717) is 0 Å². The molecule has 0 bridgehead atoms. The molecule has 0 saturated heterocycles. The van der Waals surface area contributed by atoms with Crippen molar-refractivity contribution in [2.45, 2.75) is 25.8 Å². The fourth-order valence-electron chi connectivity index (χ4n) is 0.609. The molecule has 0 rings (SSSR count). The van der Waals surface area contributed by atoms with E-state index in [2.05, 4.69) is 5.32 Å². The van der Waals surface area contributed by atoms with Crippen molar-refractivity contribution in [3.05, 3.63) is 0 Å². The van der Waals surface area contributed by atoms with E-state index < -0.39 is 6.04 Å². The van der Waals surface area contributed by atoms with E-state index in [1.54, 1.807) is 12.6 Å². The minimum Gasteiger partial charge on any atom is -0.542 e. The van der Waals surface area contributed by atoms with Crippen molar-refractivity contribution in [1.29, 1.82) is 0 Å². The van der Waals surface area contributed by atoms with Gasteiger partial charge in [0, 0.05) is 70.1 Å². The second kappa shape index (κ2) is 16.3. The molecule has 1 unspecified atom stereocenters. The fraction of sp³-hybridized carbons (Fsp3) is 0.571. The Bertz CT molecular complexity index is 166. The smallest absolute Gasteiger partial charge is 0.214 e. The van der Waals surface area contributed by atoms with Crippen LogP contribution in [0.1, 0.15) is 19.8 Å². The van der Waals surface area contributed by atoms with Crippen molar-refractivity contribution in [3.63, 3.8) is 0 Å². The Morgan fingerprint density at radius 1 is 1.29 bits per heavy atom. The monoisotopic (exact) mass is 707 g/mol. The van der Waals surface area contributed by atoms with Gasteiger partial charge in [-0.2, -0.15) is 6.42 Å². The number of hydrogen-bond acceptors (Lipinski definition) is 3. The molecule has 0 heterocycles. The molecule has 1 atom stereocenters. The quantitative estimate of drug-likeness (QED) is 0.392. The maximum Gasteiger partial charge on any atom is 0.214 e. The maximum absolute atomic E-state index is 10.4. The van der Waals surface area contributed by atoms with E-state index in [1.807, 2.05) is 0 Å². The van der Waals surface area contributed by atoms with Crippen LogP contribution in [-0.4, -0.2) is 24.5 Å². The Labute approximate surface area is 126 Å². The summed E-state index contributed by atoms with van der Waals surface area (Å²) in [4.78, 5) is 30.2. The molecule has 1 amide bonds. The number of carbonyl (C=O) groups excluding carboxylic acids is 3. The molecule has 4 nitrogen and oxygen atoms in total. The van der Waals surface area contributed by atoms with E-state index in [0.717, 1.165) is 0 Å². The standard InChI is InChI=1S/C7H9NO3.3W/c1-6(11)8-7(5-10)3-2-4-9;;;/h7H,2-3H2,1H3,(H,8,11);;;/q-2;;;. The van der Waals surface area contributed by atoms with Crippen LogP contribution < -0.4 is 5.32 Å². The van der Waals surface area contributed by atoms with E-state index in [-0.39, 0.29) is 81.9 Å². The Hall–Kier alpha value is 0.875. The Kier molecular flexibility index (Phi) is 28.2. The van der Waals surface area contributed by atoms with Gasteiger partial charge in [-0.1, -0.05) is 12.5 Å². The van der Waals surface area contributed by atoms with Gasteiger partial charge in [0.05, 0.1) is 0 Å². The van der Waals surface area contributed by atoms with Gasteiger partial charge in [-0.3, -0.25) is 11.1 Å². The van der Waals surface area contributed by atoms with Gasteiger partial charge in [0.2, 0.25) is 5.91 Å². The first kappa shape index (κ1) is 24.2. The summed E-state index contributed by atoms with van der Waals surface area (Å²) in [6, 6.07) is -0.672. The third-order valence-electron chi connectivity index (χ3n) is 1.05. The third kappa shape index (κ3) is 15.4. The summed E-state index contributed by atoms with van der Waals surface area (Å²) in [6.07, 6.45) is 3.64. The summed E-state index contributed by atoms with van der Waals surface area (Å²) < 4.78 is 0. The van der Waals surface area contributed by atoms with Crippen LogP contribution in [0.2, 0.25) is 0 Å². The largest absolute Gasteiger partial charge is 0.542 e. The van der Waals surface area contributed by atoms with Gasteiger partial charge >= 0.3 is 0 Å². The zero-order chi connectivity index (χ0) is 8.69. The molecule has 0 radical (unpaired) electrons. The molecule has 1 N–H and O–H groups in total. The molecule has 14 heavy (non-hydrogen) atoms. The Balaban J connectivity index is -0.000000167. The van der Waals surface area contributed by atoms with Gasteiger partial charge in [-0.05, 0) is 0 Å². The third-order valence-corrected chi connectivity index (χ3v) is 1.05. The fourth-order valence-corrected chi connectivity index (χ4v) is 0.609. The molecular formula is C7H9NO3W3-2. The second-order valence-corrected chi connectivity index (χ2v) is 2.05. The van der Waals surface area contributed by atoms with Crippen LogP contribution in [0, 0.1) is 0 Å². The molecule has 0 fully saturated rings. The van der Waals surface area contributed by atoms with Crippen molar-refractivity contribution in [1.82, 2.24) is 5.32 Å². The van der Waals surface area contributed by atoms with Crippen molar-refractivity contribution in [3.8, 4) is 0 Å². The predicted molar refractivity (Wildman–Crippen MR) is 38.2 cm³/mol. The zero-order valence-electron chi connectivity index (χ0n) is 7.44. The van der Waals surface area contributed by atoms with Crippen LogP contribution in [0.3, 0.4) is 0 Å². The molecule has 0 aromatic carbocycles. The summed E-state index contributed by atoms with van der Waals surface area (Å²) in [5.41, 5.74) is 0. The summed E-state index contributed by atoms with van der Waals surface area (Å²) in [5.74, 6) is -0.302. The van der Waals surface area contributed by atoms with Crippen molar-refractivity contribution in [2.75, 3.05) is 0 Å². The average Bonchev–Trinajstić information content (AvgIpc) is 1.97. The number of nitrogens with one attached hydrogen (secondary N) is 1. The van der Waals surface area contributed by atoms with Crippen LogP contribution in [0.25, 0.3) is 0 Å². The molecule has 0 aromatic heterocycles. The normalized spacial score (nSPS) is 9.21. The maximum atomic E-state index is 10.4. The van der Waals surface area contributed by atoms with E-state index in [1.165, 1.54) is 6.92 Å². The Morgan fingerprint density at radius 2 is 1.79 bits per heavy atom. The summed E-state index contributed by atoms with van der Waals surface area (Å²) in [5, 5.41) is 2.32.